The van der Waals surface area contributed by atoms with Crippen molar-refractivity contribution in [3.05, 3.63) is 12.2 Å². The maximum Gasteiger partial charge on any atom is 0.0638 e. The lowest BCUT2D eigenvalue weighted by Gasteiger charge is -2.61. The molecule has 5 aliphatic carbocycles. The van der Waals surface area contributed by atoms with Gasteiger partial charge in [-0.1, -0.05) is 53.7 Å². The van der Waals surface area contributed by atoms with E-state index in [-0.39, 0.29) is 5.89 Å². The zero-order valence-electron chi connectivity index (χ0n) is 22.5. The summed E-state index contributed by atoms with van der Waals surface area (Å²) in [4.78, 5) is 0. The van der Waals surface area contributed by atoms with Crippen LogP contribution < -0.4 is 0 Å². The van der Waals surface area contributed by atoms with Crippen LogP contribution in [-0.4, -0.2) is 13.2 Å². The van der Waals surface area contributed by atoms with Crippen molar-refractivity contribution in [1.29, 1.82) is 0 Å². The molecule has 1 spiro atoms. The molecule has 5 fully saturated rings. The van der Waals surface area contributed by atoms with Gasteiger partial charge in [0.15, 0.2) is 0 Å². The minimum atomic E-state index is -0.379. The number of methoxy groups -OCH3 is 1. The predicted molar refractivity (Wildman–Crippen MR) is 131 cm³/mol. The molecule has 0 amide bonds. The highest BCUT2D eigenvalue weighted by Gasteiger charge is 2.77. The van der Waals surface area contributed by atoms with E-state index in [1.54, 1.807) is 0 Å². The number of fused-ring (bicyclic) bond motifs is 4. The Morgan fingerprint density at radius 3 is 2.45 bits per heavy atom. The van der Waals surface area contributed by atoms with E-state index in [0.29, 0.717) is 34.2 Å². The SMILES string of the molecule is [2H]C(C)(C)[C@H](/C=C/[C@@H](C)[C@H]1CC[C@H]2[C@@H]3C[C@@H](OC)C45C[C@@H]4CC[C@]5(C)[C@H]3CC[C@]12C)CC. The van der Waals surface area contributed by atoms with Crippen LogP contribution in [0.25, 0.3) is 0 Å². The molecular formula is C30H50O. The van der Waals surface area contributed by atoms with E-state index < -0.39 is 0 Å². The number of allylic oxidation sites excluding steroid dienone is 2. The minimum Gasteiger partial charge on any atom is -0.381 e. The van der Waals surface area contributed by atoms with Crippen molar-refractivity contribution >= 4 is 0 Å². The summed E-state index contributed by atoms with van der Waals surface area (Å²) in [5.41, 5.74) is 1.58. The molecule has 0 N–H and O–H groups in total. The quantitative estimate of drug-likeness (QED) is 0.389. The van der Waals surface area contributed by atoms with Gasteiger partial charge in [-0.25, -0.2) is 0 Å². The summed E-state index contributed by atoms with van der Waals surface area (Å²) in [6, 6.07) is 0. The summed E-state index contributed by atoms with van der Waals surface area (Å²) in [7, 11) is 2.01. The van der Waals surface area contributed by atoms with Gasteiger partial charge in [-0.05, 0) is 116 Å². The van der Waals surface area contributed by atoms with Gasteiger partial charge in [-0.3, -0.25) is 0 Å². The molecule has 0 aromatic heterocycles. The second kappa shape index (κ2) is 7.61. The fraction of sp³-hybridized carbons (Fsp3) is 0.933. The van der Waals surface area contributed by atoms with Crippen LogP contribution in [0.4, 0.5) is 0 Å². The van der Waals surface area contributed by atoms with E-state index in [4.69, 9.17) is 6.11 Å². The van der Waals surface area contributed by atoms with Gasteiger partial charge in [0.25, 0.3) is 0 Å². The van der Waals surface area contributed by atoms with Crippen LogP contribution >= 0.6 is 0 Å². The van der Waals surface area contributed by atoms with Gasteiger partial charge in [0.1, 0.15) is 0 Å². The van der Waals surface area contributed by atoms with Crippen LogP contribution in [0.5, 0.6) is 0 Å². The van der Waals surface area contributed by atoms with Gasteiger partial charge in [0.2, 0.25) is 0 Å². The Labute approximate surface area is 194 Å². The van der Waals surface area contributed by atoms with Crippen LogP contribution in [-0.2, 0) is 4.74 Å². The lowest BCUT2D eigenvalue weighted by molar-refractivity contribution is -0.160. The van der Waals surface area contributed by atoms with E-state index in [1.807, 2.05) is 7.11 Å². The minimum absolute atomic E-state index is 0.358. The molecule has 31 heavy (non-hydrogen) atoms. The highest BCUT2D eigenvalue weighted by molar-refractivity contribution is 5.26. The first-order chi connectivity index (χ1) is 15.0. The van der Waals surface area contributed by atoms with Crippen molar-refractivity contribution in [3.63, 3.8) is 0 Å². The van der Waals surface area contributed by atoms with E-state index in [9.17, 15) is 0 Å². The van der Waals surface area contributed by atoms with Gasteiger partial charge >= 0.3 is 0 Å². The molecule has 176 valence electrons. The molecule has 1 unspecified atom stereocenters. The molecular weight excluding hydrogens is 376 g/mol. The molecule has 0 bridgehead atoms. The molecule has 5 rings (SSSR count). The van der Waals surface area contributed by atoms with Crippen LogP contribution in [0.1, 0.15) is 101 Å². The molecule has 0 aliphatic heterocycles. The Morgan fingerprint density at radius 2 is 1.81 bits per heavy atom. The number of ether oxygens (including phenoxy) is 1. The molecule has 0 radical (unpaired) electrons. The topological polar surface area (TPSA) is 9.23 Å². The summed E-state index contributed by atoms with van der Waals surface area (Å²) >= 11 is 0. The molecule has 5 aliphatic rings. The number of hydrogen-bond acceptors (Lipinski definition) is 1. The van der Waals surface area contributed by atoms with Crippen molar-refractivity contribution in [2.75, 3.05) is 7.11 Å². The number of hydrogen-bond donors (Lipinski definition) is 0. The molecule has 1 nitrogen and oxygen atoms in total. The molecule has 5 saturated carbocycles. The molecule has 1 heteroatoms. The Kier molecular flexibility index (Phi) is 5.22. The molecule has 0 aromatic carbocycles. The first-order valence-electron chi connectivity index (χ1n) is 14.2. The summed E-state index contributed by atoms with van der Waals surface area (Å²) in [5, 5.41) is 0. The van der Waals surface area contributed by atoms with Crippen molar-refractivity contribution in [1.82, 2.24) is 0 Å². The Balaban J connectivity index is 1.37. The van der Waals surface area contributed by atoms with Gasteiger partial charge < -0.3 is 4.74 Å². The largest absolute Gasteiger partial charge is 0.381 e. The van der Waals surface area contributed by atoms with Crippen molar-refractivity contribution in [3.8, 4) is 0 Å². The van der Waals surface area contributed by atoms with Crippen LogP contribution in [0.3, 0.4) is 0 Å². The van der Waals surface area contributed by atoms with Gasteiger partial charge in [0, 0.05) is 13.9 Å². The normalized spacial score (nSPS) is 53.3. The van der Waals surface area contributed by atoms with Crippen LogP contribution in [0.15, 0.2) is 12.2 Å². The predicted octanol–water partition coefficient (Wildman–Crippen LogP) is 8.14. The van der Waals surface area contributed by atoms with Crippen molar-refractivity contribution in [2.24, 2.45) is 63.6 Å². The standard InChI is InChI=1S/C30H50O/c1-8-21(19(2)3)10-9-20(4)24-11-12-25-23-17-27(31-7)30-18-22(30)13-16-29(30,6)26(23)14-15-28(24,25)5/h9-10,19-27H,8,11-18H2,1-7H3/b10-9+/t20-,21+,22+,23+,24-,25+,26+,27-,28-,29-,30?/m1/s1/i19D. The second-order valence-corrected chi connectivity index (χ2v) is 13.3. The van der Waals surface area contributed by atoms with Crippen LogP contribution in [0.2, 0.25) is 0 Å². The highest BCUT2D eigenvalue weighted by atomic mass is 16.5. The van der Waals surface area contributed by atoms with E-state index in [2.05, 4.69) is 53.7 Å². The van der Waals surface area contributed by atoms with Gasteiger partial charge in [-0.2, -0.15) is 0 Å². The zero-order chi connectivity index (χ0) is 23.1. The third-order valence-corrected chi connectivity index (χ3v) is 12.4. The Bertz CT molecular complexity index is 752. The zero-order valence-corrected chi connectivity index (χ0v) is 21.5. The number of rotatable bonds is 6. The maximum atomic E-state index is 8.50. The average molecular weight is 428 g/mol. The molecule has 0 heterocycles. The highest BCUT2D eigenvalue weighted by Crippen LogP contribution is 2.82. The molecule has 0 saturated heterocycles. The van der Waals surface area contributed by atoms with E-state index in [1.165, 1.54) is 51.4 Å². The summed E-state index contributed by atoms with van der Waals surface area (Å²) in [6.07, 6.45) is 18.0. The first kappa shape index (κ1) is 21.2. The van der Waals surface area contributed by atoms with Gasteiger partial charge in [-0.15, -0.1) is 0 Å². The Morgan fingerprint density at radius 1 is 1.03 bits per heavy atom. The average Bonchev–Trinajstić information content (AvgIpc) is 3.23. The van der Waals surface area contributed by atoms with Crippen LogP contribution in [0, 0.1) is 63.6 Å². The fourth-order valence-electron chi connectivity index (χ4n) is 10.7. The van der Waals surface area contributed by atoms with Crippen molar-refractivity contribution in [2.45, 2.75) is 105 Å². The Hall–Kier alpha value is -0.300. The van der Waals surface area contributed by atoms with Crippen molar-refractivity contribution < 1.29 is 6.11 Å². The fourth-order valence-corrected chi connectivity index (χ4v) is 10.7. The lowest BCUT2D eigenvalue weighted by atomic mass is 9.45. The second-order valence-electron chi connectivity index (χ2n) is 13.3. The third kappa shape index (κ3) is 2.96. The maximum absolute atomic E-state index is 8.50. The van der Waals surface area contributed by atoms with Gasteiger partial charge in [0.05, 0.1) is 6.10 Å². The molecule has 0 aromatic rings. The smallest absolute Gasteiger partial charge is 0.0638 e. The third-order valence-electron chi connectivity index (χ3n) is 12.4. The summed E-state index contributed by atoms with van der Waals surface area (Å²) in [5.74, 6) is 5.09. The lowest BCUT2D eigenvalue weighted by Crippen LogP contribution is -2.57. The monoisotopic (exact) mass is 427 g/mol. The molecule has 11 atom stereocenters. The van der Waals surface area contributed by atoms with E-state index in [0.717, 1.165) is 36.0 Å². The summed E-state index contributed by atoms with van der Waals surface area (Å²) in [6.45, 7) is 14.2. The first-order valence-corrected chi connectivity index (χ1v) is 13.7. The summed E-state index contributed by atoms with van der Waals surface area (Å²) < 4.78 is 14.8. The van der Waals surface area contributed by atoms with E-state index >= 15 is 0 Å².